The molecular weight excluding hydrogens is 451 g/mol. The second-order valence-corrected chi connectivity index (χ2v) is 11.6. The van der Waals surface area contributed by atoms with Crippen molar-refractivity contribution in [1.82, 2.24) is 0 Å². The molecule has 0 heterocycles. The van der Waals surface area contributed by atoms with Crippen LogP contribution in [0.2, 0.25) is 0 Å². The van der Waals surface area contributed by atoms with Crippen LogP contribution in [-0.4, -0.2) is 49.9 Å². The normalized spacial score (nSPS) is 14.5. The Morgan fingerprint density at radius 2 is 0.700 bits per heavy atom. The zero-order valence-corrected chi connectivity index (χ0v) is 14.7. The van der Waals surface area contributed by atoms with Crippen molar-refractivity contribution in [3.05, 3.63) is 0 Å². The van der Waals surface area contributed by atoms with Crippen LogP contribution in [0.3, 0.4) is 0 Å². The molecule has 0 aromatic rings. The topological polar surface area (TPSA) is 230 Å². The van der Waals surface area contributed by atoms with Crippen molar-refractivity contribution < 1.29 is 77.5 Å². The van der Waals surface area contributed by atoms with Crippen molar-refractivity contribution in [2.75, 3.05) is 0 Å². The van der Waals surface area contributed by atoms with E-state index in [0.717, 1.165) is 0 Å². The van der Waals surface area contributed by atoms with Crippen LogP contribution >= 0.6 is 30.4 Å². The maximum absolute atomic E-state index is 10.9. The molecule has 0 saturated heterocycles. The molecule has 8 N–H and O–H groups in total. The quantitative estimate of drug-likeness (QED) is 0.216. The fourth-order valence-electron chi connectivity index (χ4n) is 1.13. The maximum atomic E-state index is 10.9. The van der Waals surface area contributed by atoms with Gasteiger partial charge in [-0.05, 0) is 6.42 Å². The first kappa shape index (κ1) is 23.5. The van der Waals surface area contributed by atoms with Gasteiger partial charge in [-0.1, -0.05) is 0 Å². The average molecular weight is 463 g/mol. The third kappa shape index (κ3) is 7.49. The minimum Gasteiger partial charge on any atom is -0.324 e. The van der Waals surface area contributed by atoms with Crippen molar-refractivity contribution >= 4 is 30.4 Å². The van der Waals surface area contributed by atoms with Crippen LogP contribution in [0.15, 0.2) is 0 Å². The largest absolute Gasteiger partial charge is 0.340 e. The summed E-state index contributed by atoms with van der Waals surface area (Å²) in [6.07, 6.45) is -1.73. The second kappa shape index (κ2) is 7.21. The van der Waals surface area contributed by atoms with Gasteiger partial charge in [0.1, 0.15) is 0 Å². The molecular formula is C3H12O12P4Tc. The Balaban J connectivity index is 0. The minimum atomic E-state index is -5.54. The van der Waals surface area contributed by atoms with E-state index in [9.17, 15) is 18.3 Å². The van der Waals surface area contributed by atoms with Crippen LogP contribution in [-0.2, 0) is 38.4 Å². The van der Waals surface area contributed by atoms with Crippen LogP contribution in [0, 0.1) is 0 Å². The van der Waals surface area contributed by atoms with Crippen molar-refractivity contribution in [3.8, 4) is 0 Å². The van der Waals surface area contributed by atoms with Gasteiger partial charge in [-0.25, -0.2) is 0 Å². The molecule has 0 saturated carbocycles. The molecule has 0 atom stereocenters. The molecule has 1 radical (unpaired) electrons. The smallest absolute Gasteiger partial charge is 0.324 e. The second-order valence-electron chi connectivity index (χ2n) is 3.55. The Morgan fingerprint density at radius 3 is 0.800 bits per heavy atom. The van der Waals surface area contributed by atoms with E-state index in [4.69, 9.17) is 39.1 Å². The van der Waals surface area contributed by atoms with Crippen LogP contribution in [0.5, 0.6) is 0 Å². The fraction of sp³-hybridized carbons (Fsp3) is 1.00. The summed E-state index contributed by atoms with van der Waals surface area (Å²) >= 11 is 0. The van der Waals surface area contributed by atoms with Gasteiger partial charge < -0.3 is 39.1 Å². The third-order valence-electron chi connectivity index (χ3n) is 1.97. The van der Waals surface area contributed by atoms with Gasteiger partial charge in [0.05, 0.1) is 0 Å². The molecule has 0 aromatic heterocycles. The van der Waals surface area contributed by atoms with Gasteiger partial charge in [0.2, 0.25) is 0 Å². The Kier molecular flexibility index (Phi) is 8.48. The zero-order chi connectivity index (χ0) is 15.9. The van der Waals surface area contributed by atoms with Crippen molar-refractivity contribution in [1.29, 1.82) is 0 Å². The van der Waals surface area contributed by atoms with Gasteiger partial charge in [-0.3, -0.25) is 18.3 Å². The van der Waals surface area contributed by atoms with Gasteiger partial charge in [0, 0.05) is 20.1 Å². The Hall–Kier alpha value is 1.25. The molecule has 20 heavy (non-hydrogen) atoms. The average Bonchev–Trinajstić information content (AvgIpc) is 1.91. The van der Waals surface area contributed by atoms with Crippen molar-refractivity contribution in [2.24, 2.45) is 0 Å². The molecule has 0 aliphatic rings. The van der Waals surface area contributed by atoms with E-state index >= 15 is 0 Å². The molecule has 0 spiro atoms. The molecule has 0 aromatic carbocycles. The van der Waals surface area contributed by atoms with E-state index in [1.807, 2.05) is 0 Å². The molecule has 0 rings (SSSR count). The molecule has 0 fully saturated rings. The van der Waals surface area contributed by atoms with Crippen LogP contribution < -0.4 is 0 Å². The fourth-order valence-corrected chi connectivity index (χ4v) is 6.87. The molecule has 0 unspecified atom stereocenters. The van der Waals surface area contributed by atoms with Gasteiger partial charge in [0.15, 0.2) is 10.8 Å². The molecule has 0 aliphatic heterocycles. The summed E-state index contributed by atoms with van der Waals surface area (Å²) < 4.78 is 43.5. The van der Waals surface area contributed by atoms with Gasteiger partial charge in [-0.15, -0.1) is 0 Å². The van der Waals surface area contributed by atoms with E-state index in [0.29, 0.717) is 0 Å². The van der Waals surface area contributed by atoms with E-state index in [2.05, 4.69) is 0 Å². The first-order chi connectivity index (χ1) is 7.97. The monoisotopic (exact) mass is 463 g/mol. The number of hydrogen-bond donors (Lipinski definition) is 8. The van der Waals surface area contributed by atoms with Crippen LogP contribution in [0.1, 0.15) is 6.42 Å². The summed E-state index contributed by atoms with van der Waals surface area (Å²) in [5.74, 6) is 0. The summed E-state index contributed by atoms with van der Waals surface area (Å²) in [6, 6.07) is 0. The van der Waals surface area contributed by atoms with Gasteiger partial charge in [-0.2, -0.15) is 0 Å². The standard InChI is InChI=1S/C3H12O12P4.Tc/c4-16(5,6)2(17(7,8)9)1-3(18(10,11)12)19(13,14)15;/h2-3H,1H2,(H2,4,5,6)(H2,7,8,9)(H2,10,11,12)(H2,13,14,15);/i;1+1. The predicted octanol–water partition coefficient (Wildman–Crippen LogP) is -1.26. The Morgan fingerprint density at radius 1 is 0.550 bits per heavy atom. The molecule has 0 amide bonds. The Bertz CT molecular complexity index is 415. The number of hydrogen-bond acceptors (Lipinski definition) is 4. The van der Waals surface area contributed by atoms with Gasteiger partial charge >= 0.3 is 30.4 Å². The Labute approximate surface area is 125 Å². The van der Waals surface area contributed by atoms with Gasteiger partial charge in [0.25, 0.3) is 0 Å². The SMILES string of the molecule is O=P(O)(O)C(CC(P(=O)(O)O)P(=O)(O)O)P(=O)(O)O.[99Tc]. The zero-order valence-electron chi connectivity index (χ0n) is 9.24. The van der Waals surface area contributed by atoms with Crippen molar-refractivity contribution in [3.63, 3.8) is 0 Å². The third-order valence-corrected chi connectivity index (χ3v) is 9.53. The summed E-state index contributed by atoms with van der Waals surface area (Å²) in [4.78, 5) is 69.7. The maximum Gasteiger partial charge on any atom is 0.340 e. The molecule has 17 heteroatoms. The van der Waals surface area contributed by atoms with E-state index in [1.54, 1.807) is 0 Å². The summed E-state index contributed by atoms with van der Waals surface area (Å²) in [7, 11) is -22.2. The summed E-state index contributed by atoms with van der Waals surface area (Å²) in [6.45, 7) is 0. The molecule has 123 valence electrons. The van der Waals surface area contributed by atoms with Crippen LogP contribution in [0.25, 0.3) is 0 Å². The molecule has 12 nitrogen and oxygen atoms in total. The number of rotatable bonds is 6. The minimum absolute atomic E-state index is 0. The summed E-state index contributed by atoms with van der Waals surface area (Å²) in [5, 5.41) is -5.82. The van der Waals surface area contributed by atoms with E-state index in [1.165, 1.54) is 0 Å². The van der Waals surface area contributed by atoms with E-state index in [-0.39, 0.29) is 20.1 Å². The van der Waals surface area contributed by atoms with Crippen molar-refractivity contribution in [2.45, 2.75) is 17.2 Å². The molecule has 0 bridgehead atoms. The summed E-state index contributed by atoms with van der Waals surface area (Å²) in [5.41, 5.74) is 0. The molecule has 0 aliphatic carbocycles. The first-order valence-electron chi connectivity index (χ1n) is 4.18. The van der Waals surface area contributed by atoms with E-state index < -0.39 is 47.6 Å². The van der Waals surface area contributed by atoms with Crippen LogP contribution in [0.4, 0.5) is 0 Å². The first-order valence-corrected chi connectivity index (χ1v) is 10.9. The predicted molar refractivity (Wildman–Crippen MR) is 60.4 cm³/mol.